The molecule has 1 aromatic heterocycles. The first-order chi connectivity index (χ1) is 20.8. The van der Waals surface area contributed by atoms with Gasteiger partial charge in [-0.05, 0) is 116 Å². The van der Waals surface area contributed by atoms with Gasteiger partial charge in [0.2, 0.25) is 0 Å². The van der Waals surface area contributed by atoms with Gasteiger partial charge in [0.05, 0.1) is 23.1 Å². The van der Waals surface area contributed by atoms with Crippen LogP contribution in [0.3, 0.4) is 0 Å². The highest BCUT2D eigenvalue weighted by atomic mass is 32.2. The maximum Gasteiger partial charge on any atom is 0.326 e. The molecule has 8 heteroatoms. The number of phenols is 1. The van der Waals surface area contributed by atoms with Crippen molar-refractivity contribution in [2.24, 2.45) is 5.92 Å². The first-order valence-corrected chi connectivity index (χ1v) is 16.8. The monoisotopic (exact) mass is 598 g/mol. The Balaban J connectivity index is 1.48. The zero-order chi connectivity index (χ0) is 30.1. The van der Waals surface area contributed by atoms with Crippen molar-refractivity contribution in [3.63, 3.8) is 0 Å². The van der Waals surface area contributed by atoms with Crippen molar-refractivity contribution in [3.8, 4) is 16.9 Å². The molecule has 1 saturated carbocycles. The van der Waals surface area contributed by atoms with E-state index in [9.17, 15) is 15.0 Å². The third-order valence-corrected chi connectivity index (χ3v) is 9.61. The standard InChI is InChI=1S/C35H42N4O3S/c1-37(2)22-23-12-15-38(16-13-23)34-30-20-27(24-4-5-26-19-29(40)10-6-25(26)18-24)7-11-31(30)36-21-33(34)39(28-8-9-28)32(35(41)42)14-17-43-3/h4-7,10-11,18-21,23,28,32,40H,8-9,12-17,22H2,1-3H3,(H,41,42)/t32-/m0/s1. The molecule has 0 radical (unpaired) electrons. The number of aliphatic carboxylic acids is 1. The normalized spacial score (nSPS) is 16.7. The average Bonchev–Trinajstić information content (AvgIpc) is 3.83. The number of nitrogens with zero attached hydrogens (tertiary/aromatic N) is 4. The Morgan fingerprint density at radius 1 is 1.00 bits per heavy atom. The van der Waals surface area contributed by atoms with E-state index in [0.29, 0.717) is 12.3 Å². The highest BCUT2D eigenvalue weighted by Crippen LogP contribution is 2.44. The fourth-order valence-corrected chi connectivity index (χ4v) is 7.18. The Hall–Kier alpha value is -3.49. The van der Waals surface area contributed by atoms with Gasteiger partial charge in [0.25, 0.3) is 0 Å². The van der Waals surface area contributed by atoms with Crippen molar-refractivity contribution in [3.05, 3.63) is 60.8 Å². The van der Waals surface area contributed by atoms with Gasteiger partial charge in [-0.1, -0.05) is 24.3 Å². The summed E-state index contributed by atoms with van der Waals surface area (Å²) in [5.41, 5.74) is 5.21. The van der Waals surface area contributed by atoms with E-state index in [1.807, 2.05) is 18.5 Å². The van der Waals surface area contributed by atoms with Crippen molar-refractivity contribution < 1.29 is 15.0 Å². The number of pyridine rings is 1. The van der Waals surface area contributed by atoms with Crippen LogP contribution in [-0.4, -0.2) is 83.9 Å². The first kappa shape index (κ1) is 29.6. The quantitative estimate of drug-likeness (QED) is 0.197. The van der Waals surface area contributed by atoms with Crippen LogP contribution in [0, 0.1) is 5.92 Å². The summed E-state index contributed by atoms with van der Waals surface area (Å²) in [5.74, 6) is 0.966. The van der Waals surface area contributed by atoms with E-state index in [1.54, 1.807) is 23.9 Å². The van der Waals surface area contributed by atoms with Crippen LogP contribution in [0.15, 0.2) is 60.8 Å². The summed E-state index contributed by atoms with van der Waals surface area (Å²) in [7, 11) is 4.29. The number of phenolic OH excluding ortho intramolecular Hbond substituents is 1. The van der Waals surface area contributed by atoms with Crippen LogP contribution in [0.2, 0.25) is 0 Å². The number of fused-ring (bicyclic) bond motifs is 2. The predicted molar refractivity (Wildman–Crippen MR) is 180 cm³/mol. The number of anilines is 2. The summed E-state index contributed by atoms with van der Waals surface area (Å²) >= 11 is 1.70. The SMILES string of the molecule is CSCC[C@@H](C(=O)O)N(c1cnc2ccc(-c3ccc4cc(O)ccc4c3)cc2c1N1CCC(CN(C)C)CC1)C1CC1. The van der Waals surface area contributed by atoms with Crippen molar-refractivity contribution in [1.29, 1.82) is 0 Å². The summed E-state index contributed by atoms with van der Waals surface area (Å²) in [6.07, 6.45) is 8.82. The molecule has 1 saturated heterocycles. The van der Waals surface area contributed by atoms with Gasteiger partial charge in [0.1, 0.15) is 11.8 Å². The topological polar surface area (TPSA) is 80.1 Å². The minimum absolute atomic E-state index is 0.229. The largest absolute Gasteiger partial charge is 0.508 e. The van der Waals surface area contributed by atoms with Crippen LogP contribution in [0.5, 0.6) is 5.75 Å². The first-order valence-electron chi connectivity index (χ1n) is 15.4. The molecule has 1 atom stereocenters. The van der Waals surface area contributed by atoms with Gasteiger partial charge in [-0.25, -0.2) is 4.79 Å². The van der Waals surface area contributed by atoms with Gasteiger partial charge < -0.3 is 24.9 Å². The zero-order valence-electron chi connectivity index (χ0n) is 25.4. The molecule has 2 fully saturated rings. The Morgan fingerprint density at radius 2 is 1.70 bits per heavy atom. The zero-order valence-corrected chi connectivity index (χ0v) is 26.2. The molecular formula is C35H42N4O3S. The van der Waals surface area contributed by atoms with E-state index in [-0.39, 0.29) is 11.8 Å². The second-order valence-corrected chi connectivity index (χ2v) is 13.4. The number of carboxylic acid groups (broad SMARTS) is 1. The van der Waals surface area contributed by atoms with Gasteiger partial charge in [-0.3, -0.25) is 4.98 Å². The van der Waals surface area contributed by atoms with Crippen LogP contribution in [-0.2, 0) is 4.79 Å². The van der Waals surface area contributed by atoms with E-state index < -0.39 is 12.0 Å². The molecule has 2 heterocycles. The molecule has 6 rings (SSSR count). The third kappa shape index (κ3) is 6.41. The van der Waals surface area contributed by atoms with E-state index in [4.69, 9.17) is 4.98 Å². The molecule has 0 bridgehead atoms. The number of thioether (sulfide) groups is 1. The lowest BCUT2D eigenvalue weighted by Crippen LogP contribution is -2.45. The maximum absolute atomic E-state index is 12.7. The molecule has 2 aliphatic rings. The number of rotatable bonds is 11. The lowest BCUT2D eigenvalue weighted by Gasteiger charge is -2.39. The molecule has 3 aromatic carbocycles. The fraction of sp³-hybridized carbons (Fsp3) is 0.429. The molecule has 1 aliphatic carbocycles. The van der Waals surface area contributed by atoms with Crippen LogP contribution in [0.1, 0.15) is 32.1 Å². The van der Waals surface area contributed by atoms with Gasteiger partial charge in [0, 0.05) is 31.1 Å². The van der Waals surface area contributed by atoms with E-state index in [1.165, 1.54) is 0 Å². The van der Waals surface area contributed by atoms with Crippen LogP contribution in [0.25, 0.3) is 32.8 Å². The summed E-state index contributed by atoms with van der Waals surface area (Å²) < 4.78 is 0. The highest BCUT2D eigenvalue weighted by molar-refractivity contribution is 7.98. The second-order valence-electron chi connectivity index (χ2n) is 12.4. The fourth-order valence-electron chi connectivity index (χ4n) is 6.72. The smallest absolute Gasteiger partial charge is 0.326 e. The molecule has 4 aromatic rings. The van der Waals surface area contributed by atoms with E-state index >= 15 is 0 Å². The Morgan fingerprint density at radius 3 is 2.40 bits per heavy atom. The number of aromatic nitrogens is 1. The van der Waals surface area contributed by atoms with Gasteiger partial charge >= 0.3 is 5.97 Å². The summed E-state index contributed by atoms with van der Waals surface area (Å²) in [5, 5.41) is 23.5. The Bertz CT molecular complexity index is 1610. The summed E-state index contributed by atoms with van der Waals surface area (Å²) in [6.45, 7) is 2.97. The van der Waals surface area contributed by atoms with Crippen LogP contribution in [0.4, 0.5) is 11.4 Å². The lowest BCUT2D eigenvalue weighted by atomic mass is 9.94. The number of carbonyl (C=O) groups is 1. The second kappa shape index (κ2) is 12.6. The molecule has 1 aliphatic heterocycles. The number of hydrogen-bond acceptors (Lipinski definition) is 7. The van der Waals surface area contributed by atoms with Gasteiger partial charge in [0.15, 0.2) is 0 Å². The molecule has 226 valence electrons. The van der Waals surface area contributed by atoms with E-state index in [2.05, 4.69) is 65.2 Å². The number of hydrogen-bond donors (Lipinski definition) is 2. The van der Waals surface area contributed by atoms with Crippen molar-refractivity contribution in [2.45, 2.75) is 44.2 Å². The Kier molecular flexibility index (Phi) is 8.68. The van der Waals surface area contributed by atoms with Gasteiger partial charge in [-0.15, -0.1) is 0 Å². The molecular weight excluding hydrogens is 556 g/mol. The predicted octanol–water partition coefficient (Wildman–Crippen LogP) is 6.71. The highest BCUT2D eigenvalue weighted by Gasteiger charge is 2.40. The average molecular weight is 599 g/mol. The van der Waals surface area contributed by atoms with E-state index in [0.717, 1.165) is 95.2 Å². The summed E-state index contributed by atoms with van der Waals surface area (Å²) in [4.78, 5) is 24.6. The minimum Gasteiger partial charge on any atom is -0.508 e. The number of carboxylic acids is 1. The minimum atomic E-state index is -0.757. The molecule has 2 N–H and O–H groups in total. The molecule has 0 spiro atoms. The third-order valence-electron chi connectivity index (χ3n) is 8.97. The van der Waals surface area contributed by atoms with Crippen LogP contribution < -0.4 is 9.80 Å². The molecule has 43 heavy (non-hydrogen) atoms. The summed E-state index contributed by atoms with van der Waals surface area (Å²) in [6, 6.07) is 17.9. The molecule has 7 nitrogen and oxygen atoms in total. The maximum atomic E-state index is 12.7. The molecule has 0 amide bonds. The van der Waals surface area contributed by atoms with Gasteiger partial charge in [-0.2, -0.15) is 11.8 Å². The van der Waals surface area contributed by atoms with Crippen LogP contribution >= 0.6 is 11.8 Å². The lowest BCUT2D eigenvalue weighted by molar-refractivity contribution is -0.138. The number of piperidine rings is 1. The Labute approximate surface area is 258 Å². The number of benzene rings is 3. The molecule has 0 unspecified atom stereocenters. The van der Waals surface area contributed by atoms with Crippen molar-refractivity contribution in [1.82, 2.24) is 9.88 Å². The van der Waals surface area contributed by atoms with Crippen molar-refractivity contribution >= 4 is 50.8 Å². The number of aromatic hydroxyl groups is 1. The van der Waals surface area contributed by atoms with Crippen molar-refractivity contribution in [2.75, 3.05) is 55.5 Å².